The van der Waals surface area contributed by atoms with Crippen LogP contribution in [0.1, 0.15) is 62.6 Å². The van der Waals surface area contributed by atoms with E-state index >= 15 is 0 Å². The summed E-state index contributed by atoms with van der Waals surface area (Å²) in [6, 6.07) is 14.5. The SMILES string of the molecule is CCCCCCOc1ccc(C#CC(F)=C(F)C#Cc2ccc(CCC)cc2)cc1. The van der Waals surface area contributed by atoms with Gasteiger partial charge in [-0.05, 0) is 66.6 Å². The Balaban J connectivity index is 1.93. The van der Waals surface area contributed by atoms with E-state index in [4.69, 9.17) is 4.74 Å². The Bertz CT molecular complexity index is 933. The normalized spacial score (nSPS) is 10.9. The minimum Gasteiger partial charge on any atom is -0.494 e. The van der Waals surface area contributed by atoms with Gasteiger partial charge in [0.25, 0.3) is 0 Å². The van der Waals surface area contributed by atoms with Crippen molar-refractivity contribution in [2.24, 2.45) is 0 Å². The van der Waals surface area contributed by atoms with Gasteiger partial charge < -0.3 is 4.74 Å². The van der Waals surface area contributed by atoms with Crippen LogP contribution in [0.4, 0.5) is 8.78 Å². The maximum atomic E-state index is 13.9. The molecular formula is C27H28F2O. The lowest BCUT2D eigenvalue weighted by Crippen LogP contribution is -1.96. The van der Waals surface area contributed by atoms with Crippen molar-refractivity contribution in [1.82, 2.24) is 0 Å². The summed E-state index contributed by atoms with van der Waals surface area (Å²) in [6.07, 6.45) is 6.62. The molecule has 0 aromatic heterocycles. The molecule has 3 heteroatoms. The Morgan fingerprint density at radius 3 is 1.83 bits per heavy atom. The first kappa shape index (κ1) is 23.2. The summed E-state index contributed by atoms with van der Waals surface area (Å²) in [6.45, 7) is 4.95. The van der Waals surface area contributed by atoms with E-state index in [1.54, 1.807) is 24.3 Å². The Hall–Kier alpha value is -3.04. The van der Waals surface area contributed by atoms with Crippen LogP contribution in [0.25, 0.3) is 0 Å². The van der Waals surface area contributed by atoms with E-state index in [2.05, 4.69) is 37.5 Å². The molecule has 156 valence electrons. The van der Waals surface area contributed by atoms with Crippen molar-refractivity contribution < 1.29 is 13.5 Å². The molecule has 0 aliphatic heterocycles. The molecule has 0 spiro atoms. The first-order chi connectivity index (χ1) is 14.6. The lowest BCUT2D eigenvalue weighted by Gasteiger charge is -2.05. The average Bonchev–Trinajstić information content (AvgIpc) is 2.77. The monoisotopic (exact) mass is 406 g/mol. The molecule has 0 bridgehead atoms. The molecule has 0 fully saturated rings. The summed E-state index contributed by atoms with van der Waals surface area (Å²) in [4.78, 5) is 0. The molecule has 0 aliphatic carbocycles. The van der Waals surface area contributed by atoms with E-state index in [1.807, 2.05) is 24.3 Å². The molecule has 2 rings (SSSR count). The highest BCUT2D eigenvalue weighted by molar-refractivity contribution is 5.46. The van der Waals surface area contributed by atoms with Gasteiger partial charge in [0.15, 0.2) is 0 Å². The number of rotatable bonds is 8. The highest BCUT2D eigenvalue weighted by atomic mass is 19.2. The van der Waals surface area contributed by atoms with Crippen LogP contribution in [0.5, 0.6) is 5.75 Å². The molecule has 0 heterocycles. The zero-order chi connectivity index (χ0) is 21.6. The van der Waals surface area contributed by atoms with E-state index in [1.165, 1.54) is 18.4 Å². The third kappa shape index (κ3) is 8.54. The first-order valence-electron chi connectivity index (χ1n) is 10.5. The largest absolute Gasteiger partial charge is 0.494 e. The van der Waals surface area contributed by atoms with Crippen LogP contribution >= 0.6 is 0 Å². The lowest BCUT2D eigenvalue weighted by molar-refractivity contribution is 0.305. The Morgan fingerprint density at radius 1 is 0.733 bits per heavy atom. The van der Waals surface area contributed by atoms with E-state index in [0.717, 1.165) is 31.4 Å². The second-order valence-electron chi connectivity index (χ2n) is 7.01. The molecule has 0 atom stereocenters. The van der Waals surface area contributed by atoms with Gasteiger partial charge in [-0.1, -0.05) is 63.5 Å². The highest BCUT2D eigenvalue weighted by Gasteiger charge is 2.00. The van der Waals surface area contributed by atoms with Crippen LogP contribution in [0, 0.1) is 23.7 Å². The Kier molecular flexibility index (Phi) is 10.3. The second kappa shape index (κ2) is 13.2. The van der Waals surface area contributed by atoms with Gasteiger partial charge in [0.05, 0.1) is 6.61 Å². The van der Waals surface area contributed by atoms with Gasteiger partial charge in [-0.15, -0.1) is 0 Å². The molecule has 2 aromatic rings. The molecule has 0 aliphatic rings. The number of hydrogen-bond acceptors (Lipinski definition) is 1. The summed E-state index contributed by atoms with van der Waals surface area (Å²) in [5.74, 6) is 8.05. The quantitative estimate of drug-likeness (QED) is 0.334. The standard InChI is InChI=1S/C27H28F2O/c1-3-5-6-7-21-30-25-17-13-24(14-18-25)16-20-27(29)26(28)19-15-23-11-9-22(8-4-2)10-12-23/h9-14,17-18H,3-8,21H2,1-2H3. The lowest BCUT2D eigenvalue weighted by atomic mass is 10.1. The van der Waals surface area contributed by atoms with Crippen molar-refractivity contribution in [2.45, 2.75) is 52.4 Å². The number of benzene rings is 2. The van der Waals surface area contributed by atoms with E-state index in [0.29, 0.717) is 17.7 Å². The molecule has 0 radical (unpaired) electrons. The van der Waals surface area contributed by atoms with Crippen molar-refractivity contribution in [3.8, 4) is 29.4 Å². The van der Waals surface area contributed by atoms with E-state index in [-0.39, 0.29) is 0 Å². The van der Waals surface area contributed by atoms with Gasteiger partial charge >= 0.3 is 0 Å². The summed E-state index contributed by atoms with van der Waals surface area (Å²) in [5, 5.41) is 0. The van der Waals surface area contributed by atoms with Crippen molar-refractivity contribution in [3.05, 3.63) is 76.9 Å². The molecule has 1 nitrogen and oxygen atoms in total. The summed E-state index contributed by atoms with van der Waals surface area (Å²) < 4.78 is 33.4. The molecule has 0 unspecified atom stereocenters. The smallest absolute Gasteiger partial charge is 0.217 e. The molecular weight excluding hydrogens is 378 g/mol. The van der Waals surface area contributed by atoms with Crippen LogP contribution in [0.15, 0.2) is 60.2 Å². The van der Waals surface area contributed by atoms with Crippen molar-refractivity contribution >= 4 is 0 Å². The zero-order valence-electron chi connectivity index (χ0n) is 17.7. The van der Waals surface area contributed by atoms with Crippen molar-refractivity contribution in [1.29, 1.82) is 0 Å². The second-order valence-corrected chi connectivity index (χ2v) is 7.01. The third-order valence-electron chi connectivity index (χ3n) is 4.44. The van der Waals surface area contributed by atoms with Gasteiger partial charge in [0.2, 0.25) is 11.7 Å². The molecule has 2 aromatic carbocycles. The van der Waals surface area contributed by atoms with Gasteiger partial charge in [-0.3, -0.25) is 0 Å². The fourth-order valence-corrected chi connectivity index (χ4v) is 2.76. The van der Waals surface area contributed by atoms with E-state index in [9.17, 15) is 8.78 Å². The predicted molar refractivity (Wildman–Crippen MR) is 120 cm³/mol. The van der Waals surface area contributed by atoms with E-state index < -0.39 is 11.7 Å². The van der Waals surface area contributed by atoms with Crippen molar-refractivity contribution in [2.75, 3.05) is 6.61 Å². The summed E-state index contributed by atoms with van der Waals surface area (Å²) in [7, 11) is 0. The molecule has 0 saturated carbocycles. The first-order valence-corrected chi connectivity index (χ1v) is 10.5. The number of unbranched alkanes of at least 4 members (excludes halogenated alkanes) is 3. The van der Waals surface area contributed by atoms with Gasteiger partial charge in [-0.2, -0.15) is 8.78 Å². The average molecular weight is 407 g/mol. The fourth-order valence-electron chi connectivity index (χ4n) is 2.76. The molecule has 30 heavy (non-hydrogen) atoms. The predicted octanol–water partition coefficient (Wildman–Crippen LogP) is 7.15. The van der Waals surface area contributed by atoms with Crippen LogP contribution in [-0.4, -0.2) is 6.61 Å². The molecule has 0 N–H and O–H groups in total. The number of aryl methyl sites for hydroxylation is 1. The third-order valence-corrected chi connectivity index (χ3v) is 4.44. The van der Waals surface area contributed by atoms with Crippen LogP contribution < -0.4 is 4.74 Å². The van der Waals surface area contributed by atoms with Crippen molar-refractivity contribution in [3.63, 3.8) is 0 Å². The Morgan fingerprint density at radius 2 is 1.30 bits per heavy atom. The fraction of sp³-hybridized carbons (Fsp3) is 0.333. The summed E-state index contributed by atoms with van der Waals surface area (Å²) >= 11 is 0. The minimum absolute atomic E-state index is 0.579. The van der Waals surface area contributed by atoms with Crippen LogP contribution in [0.3, 0.4) is 0 Å². The summed E-state index contributed by atoms with van der Waals surface area (Å²) in [5.41, 5.74) is 2.41. The maximum absolute atomic E-state index is 13.9. The van der Waals surface area contributed by atoms with Crippen LogP contribution in [-0.2, 0) is 6.42 Å². The Labute approximate surface area is 179 Å². The number of hydrogen-bond donors (Lipinski definition) is 0. The van der Waals surface area contributed by atoms with Gasteiger partial charge in [0.1, 0.15) is 5.75 Å². The number of ether oxygens (including phenoxy) is 1. The zero-order valence-corrected chi connectivity index (χ0v) is 17.7. The minimum atomic E-state index is -1.17. The number of allylic oxidation sites excluding steroid dienone is 2. The topological polar surface area (TPSA) is 9.23 Å². The maximum Gasteiger partial charge on any atom is 0.217 e. The van der Waals surface area contributed by atoms with Crippen LogP contribution in [0.2, 0.25) is 0 Å². The highest BCUT2D eigenvalue weighted by Crippen LogP contribution is 2.13. The van der Waals surface area contributed by atoms with Gasteiger partial charge in [0, 0.05) is 11.1 Å². The molecule has 0 amide bonds. The number of halogens is 2. The molecule has 0 saturated heterocycles. The van der Waals surface area contributed by atoms with Gasteiger partial charge in [-0.25, -0.2) is 0 Å².